The van der Waals surface area contributed by atoms with Gasteiger partial charge in [0, 0.05) is 6.07 Å². The lowest BCUT2D eigenvalue weighted by Gasteiger charge is -2.05. The fourth-order valence-electron chi connectivity index (χ4n) is 0.990. The molecule has 4 nitrogen and oxygen atoms in total. The molecule has 0 aliphatic carbocycles. The molecular formula is C9H8ClNO3. The lowest BCUT2D eigenvalue weighted by Crippen LogP contribution is -1.95. The van der Waals surface area contributed by atoms with E-state index in [4.69, 9.17) is 11.6 Å². The Balaban J connectivity index is 3.19. The zero-order valence-electron chi connectivity index (χ0n) is 7.18. The Morgan fingerprint density at radius 1 is 1.64 bits per heavy atom. The molecule has 14 heavy (non-hydrogen) atoms. The third kappa shape index (κ3) is 2.10. The highest BCUT2D eigenvalue weighted by atomic mass is 35.5. The van der Waals surface area contributed by atoms with Gasteiger partial charge in [0.05, 0.1) is 11.0 Å². The van der Waals surface area contributed by atoms with E-state index in [0.717, 1.165) is 0 Å². The molecule has 0 amide bonds. The molecule has 74 valence electrons. The lowest BCUT2D eigenvalue weighted by atomic mass is 10.1. The monoisotopic (exact) mass is 213 g/mol. The van der Waals surface area contributed by atoms with E-state index in [-0.39, 0.29) is 10.7 Å². The third-order valence-electron chi connectivity index (χ3n) is 1.73. The van der Waals surface area contributed by atoms with Crippen LogP contribution in [0.2, 0.25) is 5.02 Å². The van der Waals surface area contributed by atoms with E-state index < -0.39 is 11.0 Å². The number of aliphatic hydroxyl groups excluding tert-OH is 1. The van der Waals surface area contributed by atoms with Gasteiger partial charge in [0.15, 0.2) is 0 Å². The zero-order chi connectivity index (χ0) is 10.7. The number of aliphatic hydroxyl groups is 1. The average Bonchev–Trinajstić information content (AvgIpc) is 2.17. The molecule has 0 fully saturated rings. The summed E-state index contributed by atoms with van der Waals surface area (Å²) in [6, 6.07) is 4.12. The maximum atomic E-state index is 10.5. The second kappa shape index (κ2) is 4.21. The van der Waals surface area contributed by atoms with Crippen LogP contribution in [-0.2, 0) is 0 Å². The van der Waals surface area contributed by atoms with Crippen LogP contribution >= 0.6 is 11.6 Å². The van der Waals surface area contributed by atoms with Crippen molar-refractivity contribution in [1.29, 1.82) is 0 Å². The van der Waals surface area contributed by atoms with Crippen molar-refractivity contribution in [3.05, 3.63) is 51.6 Å². The van der Waals surface area contributed by atoms with Crippen LogP contribution < -0.4 is 0 Å². The fraction of sp³-hybridized carbons (Fsp3) is 0.111. The maximum absolute atomic E-state index is 10.5. The van der Waals surface area contributed by atoms with Gasteiger partial charge < -0.3 is 5.11 Å². The first-order chi connectivity index (χ1) is 6.56. The zero-order valence-corrected chi connectivity index (χ0v) is 7.94. The van der Waals surface area contributed by atoms with Gasteiger partial charge in [-0.15, -0.1) is 6.58 Å². The topological polar surface area (TPSA) is 63.4 Å². The molecule has 0 radical (unpaired) electrons. The molecular weight excluding hydrogens is 206 g/mol. The molecule has 0 spiro atoms. The normalized spacial score (nSPS) is 12.1. The van der Waals surface area contributed by atoms with Gasteiger partial charge in [0.1, 0.15) is 5.02 Å². The van der Waals surface area contributed by atoms with Crippen LogP contribution in [0, 0.1) is 10.1 Å². The second-order valence-electron chi connectivity index (χ2n) is 2.65. The first-order valence-electron chi connectivity index (χ1n) is 3.80. The van der Waals surface area contributed by atoms with Crippen molar-refractivity contribution in [2.24, 2.45) is 0 Å². The van der Waals surface area contributed by atoms with Gasteiger partial charge in [0.2, 0.25) is 0 Å². The van der Waals surface area contributed by atoms with Crippen molar-refractivity contribution in [2.45, 2.75) is 6.10 Å². The summed E-state index contributed by atoms with van der Waals surface area (Å²) in [6.07, 6.45) is 0.374. The van der Waals surface area contributed by atoms with Crippen LogP contribution in [0.1, 0.15) is 11.7 Å². The number of hydrogen-bond donors (Lipinski definition) is 1. The molecule has 0 saturated carbocycles. The van der Waals surface area contributed by atoms with E-state index in [1.807, 2.05) is 0 Å². The Hall–Kier alpha value is -1.39. The van der Waals surface area contributed by atoms with Crippen molar-refractivity contribution < 1.29 is 10.0 Å². The molecule has 0 bridgehead atoms. The van der Waals surface area contributed by atoms with Crippen molar-refractivity contribution in [3.63, 3.8) is 0 Å². The molecule has 0 heterocycles. The predicted octanol–water partition coefficient (Wildman–Crippen LogP) is 2.47. The van der Waals surface area contributed by atoms with Gasteiger partial charge >= 0.3 is 0 Å². The standard InChI is InChI=1S/C9H8ClNO3/c1-2-9(12)6-3-4-7(10)8(5-6)11(13)14/h2-5,9,12H,1H2. The molecule has 0 aromatic heterocycles. The van der Waals surface area contributed by atoms with Crippen molar-refractivity contribution in [3.8, 4) is 0 Å². The summed E-state index contributed by atoms with van der Waals surface area (Å²) in [7, 11) is 0. The minimum Gasteiger partial charge on any atom is -0.384 e. The van der Waals surface area contributed by atoms with Gasteiger partial charge in [-0.25, -0.2) is 0 Å². The quantitative estimate of drug-likeness (QED) is 0.477. The van der Waals surface area contributed by atoms with Crippen molar-refractivity contribution in [2.75, 3.05) is 0 Å². The molecule has 0 aliphatic rings. The smallest absolute Gasteiger partial charge is 0.288 e. The number of halogens is 1. The van der Waals surface area contributed by atoms with Crippen LogP contribution in [0.5, 0.6) is 0 Å². The fourth-order valence-corrected chi connectivity index (χ4v) is 1.18. The van der Waals surface area contributed by atoms with Crippen LogP contribution in [-0.4, -0.2) is 10.0 Å². The predicted molar refractivity (Wildman–Crippen MR) is 53.3 cm³/mol. The Labute approximate surface area is 85.6 Å². The number of nitro groups is 1. The third-order valence-corrected chi connectivity index (χ3v) is 2.05. The van der Waals surface area contributed by atoms with E-state index >= 15 is 0 Å². The Morgan fingerprint density at radius 2 is 2.29 bits per heavy atom. The number of nitro benzene ring substituents is 1. The van der Waals surface area contributed by atoms with Gasteiger partial charge in [-0.2, -0.15) is 0 Å². The van der Waals surface area contributed by atoms with E-state index in [9.17, 15) is 15.2 Å². The largest absolute Gasteiger partial charge is 0.384 e. The van der Waals surface area contributed by atoms with Gasteiger partial charge in [0.25, 0.3) is 5.69 Å². The minimum absolute atomic E-state index is 0.0509. The molecule has 1 atom stereocenters. The molecule has 0 aliphatic heterocycles. The lowest BCUT2D eigenvalue weighted by molar-refractivity contribution is -0.384. The minimum atomic E-state index is -0.911. The van der Waals surface area contributed by atoms with Gasteiger partial charge in [-0.1, -0.05) is 23.7 Å². The number of nitrogens with zero attached hydrogens (tertiary/aromatic N) is 1. The molecule has 1 aromatic carbocycles. The van der Waals surface area contributed by atoms with E-state index in [0.29, 0.717) is 5.56 Å². The number of benzene rings is 1. The van der Waals surface area contributed by atoms with Crippen LogP contribution in [0.4, 0.5) is 5.69 Å². The van der Waals surface area contributed by atoms with E-state index in [1.54, 1.807) is 0 Å². The van der Waals surface area contributed by atoms with Gasteiger partial charge in [-0.05, 0) is 11.6 Å². The Kier molecular flexibility index (Phi) is 3.22. The SMILES string of the molecule is C=CC(O)c1ccc(Cl)c([N+](=O)[O-])c1. The number of rotatable bonds is 3. The molecule has 1 unspecified atom stereocenters. The van der Waals surface area contributed by atoms with Crippen LogP contribution in [0.15, 0.2) is 30.9 Å². The summed E-state index contributed by atoms with van der Waals surface area (Å²) >= 11 is 5.59. The van der Waals surface area contributed by atoms with Crippen LogP contribution in [0.3, 0.4) is 0 Å². The first kappa shape index (κ1) is 10.7. The second-order valence-corrected chi connectivity index (χ2v) is 3.06. The van der Waals surface area contributed by atoms with Crippen molar-refractivity contribution >= 4 is 17.3 Å². The summed E-state index contributed by atoms with van der Waals surface area (Å²) < 4.78 is 0. The molecule has 1 rings (SSSR count). The first-order valence-corrected chi connectivity index (χ1v) is 4.18. The number of hydrogen-bond acceptors (Lipinski definition) is 3. The summed E-state index contributed by atoms with van der Waals surface area (Å²) in [5.41, 5.74) is 0.182. The molecule has 0 saturated heterocycles. The van der Waals surface area contributed by atoms with E-state index in [1.165, 1.54) is 24.3 Å². The Bertz CT molecular complexity index is 378. The highest BCUT2D eigenvalue weighted by molar-refractivity contribution is 6.32. The summed E-state index contributed by atoms with van der Waals surface area (Å²) in [4.78, 5) is 9.90. The van der Waals surface area contributed by atoms with Crippen molar-refractivity contribution in [1.82, 2.24) is 0 Å². The molecule has 1 N–H and O–H groups in total. The Morgan fingerprint density at radius 3 is 2.79 bits per heavy atom. The van der Waals surface area contributed by atoms with E-state index in [2.05, 4.69) is 6.58 Å². The summed E-state index contributed by atoms with van der Waals surface area (Å²) in [5.74, 6) is 0. The summed E-state index contributed by atoms with van der Waals surface area (Å²) in [5, 5.41) is 19.9. The maximum Gasteiger partial charge on any atom is 0.288 e. The average molecular weight is 214 g/mol. The highest BCUT2D eigenvalue weighted by Crippen LogP contribution is 2.27. The molecule has 5 heteroatoms. The van der Waals surface area contributed by atoms with Crippen LogP contribution in [0.25, 0.3) is 0 Å². The molecule has 1 aromatic rings. The summed E-state index contributed by atoms with van der Waals surface area (Å²) in [6.45, 7) is 3.38. The van der Waals surface area contributed by atoms with Gasteiger partial charge in [-0.3, -0.25) is 10.1 Å². The highest BCUT2D eigenvalue weighted by Gasteiger charge is 2.14.